The van der Waals surface area contributed by atoms with Crippen LogP contribution in [0.2, 0.25) is 0 Å². The summed E-state index contributed by atoms with van der Waals surface area (Å²) < 4.78 is 0. The lowest BCUT2D eigenvalue weighted by molar-refractivity contribution is 0.660. The molecule has 0 aromatic heterocycles. The van der Waals surface area contributed by atoms with Gasteiger partial charge >= 0.3 is 0 Å². The first-order chi connectivity index (χ1) is 31.0. The molecule has 0 aliphatic heterocycles. The fourth-order valence-corrected chi connectivity index (χ4v) is 10.9. The van der Waals surface area contributed by atoms with E-state index in [-0.39, 0.29) is 5.41 Å². The predicted molar refractivity (Wildman–Crippen MR) is 264 cm³/mol. The molecule has 2 aliphatic carbocycles. The van der Waals surface area contributed by atoms with Crippen LogP contribution in [-0.4, -0.2) is 0 Å². The molecule has 0 unspecified atom stereocenters. The van der Waals surface area contributed by atoms with Crippen molar-refractivity contribution in [2.75, 3.05) is 4.90 Å². The minimum Gasteiger partial charge on any atom is -0.310 e. The summed E-state index contributed by atoms with van der Waals surface area (Å²) in [6.45, 7) is 4.72. The highest BCUT2D eigenvalue weighted by Crippen LogP contribution is 2.57. The Morgan fingerprint density at radius 3 is 1.54 bits per heavy atom. The van der Waals surface area contributed by atoms with Crippen molar-refractivity contribution in [1.82, 2.24) is 0 Å². The molecule has 2 aliphatic rings. The molecule has 1 nitrogen and oxygen atoms in total. The lowest BCUT2D eigenvalue weighted by Crippen LogP contribution is -2.28. The third-order valence-corrected chi connectivity index (χ3v) is 13.9. The number of hydrogen-bond donors (Lipinski definition) is 0. The lowest BCUT2D eigenvalue weighted by Gasteiger charge is -2.34. The molecule has 10 aromatic rings. The monoisotopic (exact) mass is 803 g/mol. The van der Waals surface area contributed by atoms with E-state index in [4.69, 9.17) is 0 Å². The molecule has 0 N–H and O–H groups in total. The zero-order valence-electron chi connectivity index (χ0n) is 35.5. The molecule has 0 bridgehead atoms. The molecule has 0 saturated carbocycles. The van der Waals surface area contributed by atoms with Crippen LogP contribution in [0.1, 0.15) is 47.2 Å². The van der Waals surface area contributed by atoms with Gasteiger partial charge in [-0.2, -0.15) is 0 Å². The Morgan fingerprint density at radius 1 is 0.286 bits per heavy atom. The van der Waals surface area contributed by atoms with Crippen LogP contribution in [-0.2, 0) is 10.8 Å². The van der Waals surface area contributed by atoms with Crippen molar-refractivity contribution < 1.29 is 0 Å². The van der Waals surface area contributed by atoms with Gasteiger partial charge in [0.25, 0.3) is 0 Å². The average Bonchev–Trinajstić information content (AvgIpc) is 3.77. The van der Waals surface area contributed by atoms with Crippen molar-refractivity contribution in [2.24, 2.45) is 0 Å². The fourth-order valence-electron chi connectivity index (χ4n) is 10.9. The highest BCUT2D eigenvalue weighted by Gasteiger charge is 2.46. The van der Waals surface area contributed by atoms with Gasteiger partial charge in [-0.05, 0) is 137 Å². The molecule has 10 aromatic carbocycles. The normalized spacial score (nSPS) is 13.8. The topological polar surface area (TPSA) is 3.24 Å². The Balaban J connectivity index is 0.993. The molecule has 0 spiro atoms. The first-order valence-corrected chi connectivity index (χ1v) is 22.1. The summed E-state index contributed by atoms with van der Waals surface area (Å²) in [5, 5.41) is 2.49. The fraction of sp³-hybridized carbons (Fsp3) is 0.0645. The Morgan fingerprint density at radius 2 is 0.794 bits per heavy atom. The molecule has 0 atom stereocenters. The number of hydrogen-bond acceptors (Lipinski definition) is 1. The van der Waals surface area contributed by atoms with Crippen molar-refractivity contribution >= 4 is 27.8 Å². The average molecular weight is 804 g/mol. The first-order valence-electron chi connectivity index (χ1n) is 22.1. The summed E-state index contributed by atoms with van der Waals surface area (Å²) in [6, 6.07) is 87.8. The molecule has 1 heteroatoms. The van der Waals surface area contributed by atoms with E-state index in [2.05, 4.69) is 255 Å². The first kappa shape index (κ1) is 37.1. The van der Waals surface area contributed by atoms with E-state index < -0.39 is 5.41 Å². The number of fused-ring (bicyclic) bond motifs is 7. The summed E-state index contributed by atoms with van der Waals surface area (Å²) in [5.74, 6) is 0. The van der Waals surface area contributed by atoms with Crippen LogP contribution in [0.25, 0.3) is 55.3 Å². The van der Waals surface area contributed by atoms with Gasteiger partial charge in [0.1, 0.15) is 0 Å². The summed E-state index contributed by atoms with van der Waals surface area (Å²) in [4.78, 5) is 2.43. The van der Waals surface area contributed by atoms with E-state index in [1.807, 2.05) is 0 Å². The number of benzene rings is 10. The Kier molecular flexibility index (Phi) is 8.49. The molecule has 298 valence electrons. The maximum atomic E-state index is 2.45. The number of anilines is 3. The molecular weight excluding hydrogens is 759 g/mol. The van der Waals surface area contributed by atoms with Gasteiger partial charge in [-0.25, -0.2) is 0 Å². The third kappa shape index (κ3) is 5.77. The van der Waals surface area contributed by atoms with Crippen LogP contribution in [0, 0.1) is 0 Å². The second-order valence-corrected chi connectivity index (χ2v) is 17.7. The van der Waals surface area contributed by atoms with Gasteiger partial charge in [-0.3, -0.25) is 0 Å². The minimum absolute atomic E-state index is 0.119. The molecule has 0 heterocycles. The van der Waals surface area contributed by atoms with Gasteiger partial charge in [-0.1, -0.05) is 202 Å². The summed E-state index contributed by atoms with van der Waals surface area (Å²) in [6.07, 6.45) is 0. The van der Waals surface area contributed by atoms with E-state index in [9.17, 15) is 0 Å². The van der Waals surface area contributed by atoms with Gasteiger partial charge in [0, 0.05) is 22.5 Å². The van der Waals surface area contributed by atoms with Crippen LogP contribution < -0.4 is 4.90 Å². The number of rotatable bonds is 7. The van der Waals surface area contributed by atoms with E-state index in [0.29, 0.717) is 0 Å². The zero-order chi connectivity index (χ0) is 42.1. The van der Waals surface area contributed by atoms with Crippen molar-refractivity contribution in [3.8, 4) is 44.5 Å². The quantitative estimate of drug-likeness (QED) is 0.155. The maximum absolute atomic E-state index is 2.45. The molecular formula is C62H45N. The molecule has 0 radical (unpaired) electrons. The van der Waals surface area contributed by atoms with Gasteiger partial charge < -0.3 is 4.90 Å². The van der Waals surface area contributed by atoms with Crippen LogP contribution in [0.5, 0.6) is 0 Å². The number of nitrogens with zero attached hydrogens (tertiary/aromatic N) is 1. The van der Waals surface area contributed by atoms with E-state index in [1.54, 1.807) is 0 Å². The molecule has 0 saturated heterocycles. The van der Waals surface area contributed by atoms with Gasteiger partial charge in [0.15, 0.2) is 0 Å². The second kappa shape index (κ2) is 14.4. The maximum Gasteiger partial charge on any atom is 0.0713 e. The second-order valence-electron chi connectivity index (χ2n) is 17.7. The summed E-state index contributed by atoms with van der Waals surface area (Å²) >= 11 is 0. The van der Waals surface area contributed by atoms with Gasteiger partial charge in [0.2, 0.25) is 0 Å². The summed E-state index contributed by atoms with van der Waals surface area (Å²) in [7, 11) is 0. The van der Waals surface area contributed by atoms with Crippen LogP contribution in [0.15, 0.2) is 237 Å². The summed E-state index contributed by atoms with van der Waals surface area (Å²) in [5.41, 5.74) is 20.7. The van der Waals surface area contributed by atoms with Crippen LogP contribution >= 0.6 is 0 Å². The standard InChI is InChI=1S/C62H45N/c1-61(2)57-26-13-11-24-53(57)55-37-35-52(41-59(55)61)63(51-23-15-18-45(39-51)46-29-28-42-16-9-10-17-44(42)38-46)50-33-30-43(31-34-50)47-32-36-56-54-25-12-14-27-58(54)62(60(56)40-47,48-19-5-3-6-20-48)49-21-7-4-8-22-49/h3-41H,1-2H3. The van der Waals surface area contributed by atoms with Crippen LogP contribution in [0.3, 0.4) is 0 Å². The zero-order valence-corrected chi connectivity index (χ0v) is 35.5. The van der Waals surface area contributed by atoms with Crippen molar-refractivity contribution in [3.05, 3.63) is 270 Å². The predicted octanol–water partition coefficient (Wildman–Crippen LogP) is 16.3. The highest BCUT2D eigenvalue weighted by atomic mass is 15.1. The van der Waals surface area contributed by atoms with Gasteiger partial charge in [0.05, 0.1) is 5.41 Å². The Bertz CT molecular complexity index is 3320. The SMILES string of the molecule is CC1(C)c2ccccc2-c2ccc(N(c3ccc(-c4ccc5c(c4)C(c4ccccc4)(c4ccccc4)c4ccccc4-5)cc3)c3cccc(-c4ccc5ccccc5c4)c3)cc21. The molecule has 0 fully saturated rings. The third-order valence-electron chi connectivity index (χ3n) is 13.9. The van der Waals surface area contributed by atoms with Crippen molar-refractivity contribution in [3.63, 3.8) is 0 Å². The van der Waals surface area contributed by atoms with E-state index in [1.165, 1.54) is 88.7 Å². The Hall–Kier alpha value is -7.74. The van der Waals surface area contributed by atoms with Crippen molar-refractivity contribution in [1.29, 1.82) is 0 Å². The largest absolute Gasteiger partial charge is 0.310 e. The smallest absolute Gasteiger partial charge is 0.0713 e. The van der Waals surface area contributed by atoms with Crippen molar-refractivity contribution in [2.45, 2.75) is 24.7 Å². The van der Waals surface area contributed by atoms with Crippen LogP contribution in [0.4, 0.5) is 17.1 Å². The lowest BCUT2D eigenvalue weighted by atomic mass is 9.67. The molecule has 0 amide bonds. The Labute approximate surface area is 370 Å². The minimum atomic E-state index is -0.446. The molecule has 63 heavy (non-hydrogen) atoms. The van der Waals surface area contributed by atoms with E-state index in [0.717, 1.165) is 17.1 Å². The highest BCUT2D eigenvalue weighted by molar-refractivity contribution is 5.91. The molecule has 12 rings (SSSR count). The van der Waals surface area contributed by atoms with E-state index >= 15 is 0 Å². The van der Waals surface area contributed by atoms with Gasteiger partial charge in [-0.15, -0.1) is 0 Å².